The molecule has 1 aromatic carbocycles. The second-order valence-corrected chi connectivity index (χ2v) is 6.93. The lowest BCUT2D eigenvalue weighted by Gasteiger charge is -2.35. The molecule has 0 unspecified atom stereocenters. The Morgan fingerprint density at radius 1 is 1.08 bits per heavy atom. The summed E-state index contributed by atoms with van der Waals surface area (Å²) in [7, 11) is 0. The van der Waals surface area contributed by atoms with Gasteiger partial charge in [0, 0.05) is 43.9 Å². The van der Waals surface area contributed by atoms with Crippen LogP contribution < -0.4 is 10.2 Å². The van der Waals surface area contributed by atoms with E-state index in [4.69, 9.17) is 0 Å². The van der Waals surface area contributed by atoms with Gasteiger partial charge in [-0.05, 0) is 25.0 Å². The highest BCUT2D eigenvalue weighted by molar-refractivity contribution is 5.88. The van der Waals surface area contributed by atoms with E-state index in [0.29, 0.717) is 11.7 Å². The molecule has 2 heterocycles. The smallest absolute Gasteiger partial charge is 0.323 e. The van der Waals surface area contributed by atoms with E-state index >= 15 is 0 Å². The van der Waals surface area contributed by atoms with Crippen molar-refractivity contribution in [2.45, 2.75) is 31.6 Å². The molecule has 2 aromatic rings. The van der Waals surface area contributed by atoms with Crippen molar-refractivity contribution in [2.24, 2.45) is 0 Å². The third-order valence-electron chi connectivity index (χ3n) is 5.30. The van der Waals surface area contributed by atoms with Crippen LogP contribution in [0.5, 0.6) is 0 Å². The molecule has 25 heavy (non-hydrogen) atoms. The Bertz CT molecular complexity index is 700. The van der Waals surface area contributed by atoms with Crippen LogP contribution in [-0.4, -0.2) is 47.3 Å². The van der Waals surface area contributed by atoms with Gasteiger partial charge >= 0.3 is 6.03 Å². The molecule has 1 saturated carbocycles. The van der Waals surface area contributed by atoms with E-state index in [0.717, 1.165) is 31.9 Å². The van der Waals surface area contributed by atoms with Crippen molar-refractivity contribution >= 4 is 17.5 Å². The summed E-state index contributed by atoms with van der Waals surface area (Å²) in [4.78, 5) is 16.7. The number of carbonyl (C=O) groups is 1. The van der Waals surface area contributed by atoms with Gasteiger partial charge in [0.2, 0.25) is 0 Å². The monoisotopic (exact) mass is 339 g/mol. The predicted molar refractivity (Wildman–Crippen MR) is 99.0 cm³/mol. The maximum absolute atomic E-state index is 12.5. The van der Waals surface area contributed by atoms with Crippen LogP contribution in [0.3, 0.4) is 0 Å². The number of nitrogens with one attached hydrogen (secondary N) is 2. The quantitative estimate of drug-likeness (QED) is 0.900. The Hall–Kier alpha value is -2.50. The van der Waals surface area contributed by atoms with Crippen molar-refractivity contribution < 1.29 is 4.79 Å². The highest BCUT2D eigenvalue weighted by Crippen LogP contribution is 2.33. The lowest BCUT2D eigenvalue weighted by Crippen LogP contribution is -2.50. The van der Waals surface area contributed by atoms with Crippen molar-refractivity contribution in [3.05, 3.63) is 42.1 Å². The zero-order valence-corrected chi connectivity index (χ0v) is 14.4. The van der Waals surface area contributed by atoms with Crippen LogP contribution in [0.1, 0.15) is 37.3 Å². The number of aromatic nitrogens is 2. The van der Waals surface area contributed by atoms with Gasteiger partial charge in [-0.15, -0.1) is 0 Å². The number of piperazine rings is 1. The molecular weight excluding hydrogens is 314 g/mol. The van der Waals surface area contributed by atoms with Gasteiger partial charge < -0.3 is 9.80 Å². The molecule has 2 fully saturated rings. The fourth-order valence-corrected chi connectivity index (χ4v) is 3.83. The third kappa shape index (κ3) is 3.62. The lowest BCUT2D eigenvalue weighted by molar-refractivity contribution is 0.208. The minimum Gasteiger partial charge on any atom is -0.368 e. The van der Waals surface area contributed by atoms with Crippen LogP contribution >= 0.6 is 0 Å². The Labute approximate surface area is 148 Å². The fraction of sp³-hybridized carbons (Fsp3) is 0.474. The molecule has 4 rings (SSSR count). The number of anilines is 2. The van der Waals surface area contributed by atoms with Crippen LogP contribution in [0, 0.1) is 0 Å². The maximum Gasteiger partial charge on any atom is 0.323 e. The summed E-state index contributed by atoms with van der Waals surface area (Å²) in [5.74, 6) is 1.26. The SMILES string of the molecule is O=C(Nc1cc(C2CCCC2)n[nH]1)N1CCN(c2ccccc2)CC1. The molecule has 0 spiro atoms. The number of urea groups is 1. The van der Waals surface area contributed by atoms with Crippen molar-refractivity contribution in [3.8, 4) is 0 Å². The Balaban J connectivity index is 1.30. The number of hydrogen-bond donors (Lipinski definition) is 2. The molecule has 0 bridgehead atoms. The topological polar surface area (TPSA) is 64.3 Å². The second kappa shape index (κ2) is 7.17. The molecule has 6 heteroatoms. The third-order valence-corrected chi connectivity index (χ3v) is 5.30. The minimum absolute atomic E-state index is 0.0469. The Morgan fingerprint density at radius 3 is 2.52 bits per heavy atom. The van der Waals surface area contributed by atoms with Crippen LogP contribution in [0.25, 0.3) is 0 Å². The molecule has 2 aliphatic rings. The zero-order valence-electron chi connectivity index (χ0n) is 14.4. The lowest BCUT2D eigenvalue weighted by atomic mass is 10.0. The van der Waals surface area contributed by atoms with Crippen LogP contribution in [0.2, 0.25) is 0 Å². The predicted octanol–water partition coefficient (Wildman–Crippen LogP) is 3.42. The summed E-state index contributed by atoms with van der Waals surface area (Å²) in [6.45, 7) is 3.16. The van der Waals surface area contributed by atoms with Crippen molar-refractivity contribution in [3.63, 3.8) is 0 Å². The first kappa shape index (κ1) is 16.0. The number of aromatic amines is 1. The summed E-state index contributed by atoms with van der Waals surface area (Å²) >= 11 is 0. The molecule has 1 saturated heterocycles. The number of para-hydroxylation sites is 1. The van der Waals surface area contributed by atoms with Gasteiger partial charge in [0.05, 0.1) is 5.69 Å². The van der Waals surface area contributed by atoms with E-state index in [-0.39, 0.29) is 6.03 Å². The number of H-pyrrole nitrogens is 1. The minimum atomic E-state index is -0.0469. The Kier molecular flexibility index (Phi) is 4.59. The second-order valence-electron chi connectivity index (χ2n) is 6.93. The molecule has 6 nitrogen and oxygen atoms in total. The summed E-state index contributed by atoms with van der Waals surface area (Å²) < 4.78 is 0. The van der Waals surface area contributed by atoms with Gasteiger partial charge in [-0.25, -0.2) is 4.79 Å². The first-order valence-corrected chi connectivity index (χ1v) is 9.21. The standard InChI is InChI=1S/C19H25N5O/c25-19(20-18-14-17(21-22-18)15-6-4-5-7-15)24-12-10-23(11-13-24)16-8-2-1-3-9-16/h1-3,8-9,14-15H,4-7,10-13H2,(H2,20,21,22,25). The number of rotatable bonds is 3. The first-order chi connectivity index (χ1) is 12.3. The zero-order chi connectivity index (χ0) is 17.1. The summed E-state index contributed by atoms with van der Waals surface area (Å²) in [5, 5.41) is 10.3. The van der Waals surface area contributed by atoms with Crippen LogP contribution in [0.15, 0.2) is 36.4 Å². The van der Waals surface area contributed by atoms with Gasteiger partial charge in [-0.2, -0.15) is 5.10 Å². The van der Waals surface area contributed by atoms with Gasteiger partial charge in [0.25, 0.3) is 0 Å². The molecule has 1 aromatic heterocycles. The van der Waals surface area contributed by atoms with Crippen LogP contribution in [-0.2, 0) is 0 Å². The summed E-state index contributed by atoms with van der Waals surface area (Å²) in [6.07, 6.45) is 4.98. The number of benzene rings is 1. The molecule has 132 valence electrons. The average Bonchev–Trinajstić information content (AvgIpc) is 3.34. The summed E-state index contributed by atoms with van der Waals surface area (Å²) in [5.41, 5.74) is 2.30. The van der Waals surface area contributed by atoms with Gasteiger partial charge in [-0.1, -0.05) is 31.0 Å². The van der Waals surface area contributed by atoms with E-state index in [9.17, 15) is 4.79 Å². The largest absolute Gasteiger partial charge is 0.368 e. The van der Waals surface area contributed by atoms with E-state index in [1.807, 2.05) is 17.0 Å². The van der Waals surface area contributed by atoms with Crippen molar-refractivity contribution in [1.29, 1.82) is 0 Å². The molecule has 2 N–H and O–H groups in total. The molecule has 1 aliphatic heterocycles. The van der Waals surface area contributed by atoms with E-state index < -0.39 is 0 Å². The van der Waals surface area contributed by atoms with Crippen molar-refractivity contribution in [2.75, 3.05) is 36.4 Å². The van der Waals surface area contributed by atoms with E-state index in [1.54, 1.807) is 0 Å². The molecule has 2 amide bonds. The number of amides is 2. The highest BCUT2D eigenvalue weighted by Gasteiger charge is 2.23. The van der Waals surface area contributed by atoms with Crippen molar-refractivity contribution in [1.82, 2.24) is 15.1 Å². The number of carbonyl (C=O) groups excluding carboxylic acids is 1. The van der Waals surface area contributed by atoms with Crippen LogP contribution in [0.4, 0.5) is 16.3 Å². The first-order valence-electron chi connectivity index (χ1n) is 9.21. The number of hydrogen-bond acceptors (Lipinski definition) is 3. The van der Waals surface area contributed by atoms with Gasteiger partial charge in [-0.3, -0.25) is 10.4 Å². The maximum atomic E-state index is 12.5. The van der Waals surface area contributed by atoms with Gasteiger partial charge in [0.15, 0.2) is 0 Å². The Morgan fingerprint density at radius 2 is 1.80 bits per heavy atom. The normalized spacial score (nSPS) is 18.6. The van der Waals surface area contributed by atoms with E-state index in [2.05, 4.69) is 44.7 Å². The molecule has 1 aliphatic carbocycles. The van der Waals surface area contributed by atoms with E-state index in [1.165, 1.54) is 31.4 Å². The molecular formula is C19H25N5O. The highest BCUT2D eigenvalue weighted by atomic mass is 16.2. The molecule has 0 atom stereocenters. The van der Waals surface area contributed by atoms with Gasteiger partial charge in [0.1, 0.15) is 5.82 Å². The molecule has 0 radical (unpaired) electrons. The number of nitrogens with zero attached hydrogens (tertiary/aromatic N) is 3. The average molecular weight is 339 g/mol. The summed E-state index contributed by atoms with van der Waals surface area (Å²) in [6, 6.07) is 12.3. The fourth-order valence-electron chi connectivity index (χ4n) is 3.83.